The highest BCUT2D eigenvalue weighted by Gasteiger charge is 2.38. The van der Waals surface area contributed by atoms with E-state index in [2.05, 4.69) is 24.1 Å². The molecule has 2 fully saturated rings. The molecule has 0 radical (unpaired) electrons. The molecule has 2 heterocycles. The molecular formula is C11H22N2O. The lowest BCUT2D eigenvalue weighted by molar-refractivity contribution is 0.0469. The molecule has 14 heavy (non-hydrogen) atoms. The van der Waals surface area contributed by atoms with Gasteiger partial charge in [-0.2, -0.15) is 0 Å². The molecule has 0 aromatic heterocycles. The van der Waals surface area contributed by atoms with Gasteiger partial charge in [0.1, 0.15) is 0 Å². The van der Waals surface area contributed by atoms with E-state index in [0.717, 1.165) is 32.5 Å². The van der Waals surface area contributed by atoms with Gasteiger partial charge in [-0.25, -0.2) is 0 Å². The second kappa shape index (κ2) is 3.80. The quantitative estimate of drug-likeness (QED) is 0.647. The Bertz CT molecular complexity index is 197. The predicted molar refractivity (Wildman–Crippen MR) is 57.3 cm³/mol. The summed E-state index contributed by atoms with van der Waals surface area (Å²) in [6.45, 7) is 7.84. The van der Waals surface area contributed by atoms with Gasteiger partial charge in [0, 0.05) is 24.7 Å². The van der Waals surface area contributed by atoms with E-state index >= 15 is 0 Å². The zero-order valence-corrected chi connectivity index (χ0v) is 9.29. The smallest absolute Gasteiger partial charge is 0.0564 e. The fourth-order valence-corrected chi connectivity index (χ4v) is 2.85. The van der Waals surface area contributed by atoms with E-state index < -0.39 is 0 Å². The minimum absolute atomic E-state index is 0.0521. The average molecular weight is 198 g/mol. The van der Waals surface area contributed by atoms with Crippen LogP contribution in [-0.2, 0) is 0 Å². The van der Waals surface area contributed by atoms with E-state index in [9.17, 15) is 5.11 Å². The van der Waals surface area contributed by atoms with E-state index in [4.69, 9.17) is 0 Å². The number of hydrogen-bond acceptors (Lipinski definition) is 3. The maximum atomic E-state index is 9.46. The molecule has 0 bridgehead atoms. The Morgan fingerprint density at radius 3 is 2.36 bits per heavy atom. The highest BCUT2D eigenvalue weighted by atomic mass is 16.3. The number of hydrogen-bond donors (Lipinski definition) is 2. The van der Waals surface area contributed by atoms with Crippen molar-refractivity contribution in [3.8, 4) is 0 Å². The number of piperidine rings is 1. The molecule has 0 amide bonds. The highest BCUT2D eigenvalue weighted by molar-refractivity contribution is 4.99. The van der Waals surface area contributed by atoms with E-state index in [1.54, 1.807) is 0 Å². The number of aliphatic hydroxyl groups is 1. The van der Waals surface area contributed by atoms with Gasteiger partial charge in [-0.05, 0) is 39.7 Å². The standard InChI is InChI=1S/C11H22N2O/c1-11(2)10(3-6-12-11)13-7-4-9(14)5-8-13/h9-10,12,14H,3-8H2,1-2H3. The third-order valence-electron chi connectivity index (χ3n) is 3.77. The largest absolute Gasteiger partial charge is 0.393 e. The van der Waals surface area contributed by atoms with Crippen LogP contribution >= 0.6 is 0 Å². The van der Waals surface area contributed by atoms with Crippen LogP contribution < -0.4 is 5.32 Å². The van der Waals surface area contributed by atoms with Crippen LogP contribution in [0.3, 0.4) is 0 Å². The van der Waals surface area contributed by atoms with Gasteiger partial charge in [0.15, 0.2) is 0 Å². The van der Waals surface area contributed by atoms with Gasteiger partial charge < -0.3 is 10.4 Å². The average Bonchev–Trinajstić information content (AvgIpc) is 2.47. The van der Waals surface area contributed by atoms with Gasteiger partial charge in [0.25, 0.3) is 0 Å². The summed E-state index contributed by atoms with van der Waals surface area (Å²) in [6, 6.07) is 0.662. The predicted octanol–water partition coefficient (Wildman–Crippen LogP) is 0.584. The van der Waals surface area contributed by atoms with Crippen LogP contribution in [0.25, 0.3) is 0 Å². The lowest BCUT2D eigenvalue weighted by Gasteiger charge is -2.40. The maximum Gasteiger partial charge on any atom is 0.0564 e. The van der Waals surface area contributed by atoms with Crippen molar-refractivity contribution in [2.45, 2.75) is 50.8 Å². The Balaban J connectivity index is 1.95. The zero-order chi connectivity index (χ0) is 10.2. The third kappa shape index (κ3) is 1.95. The molecule has 0 spiro atoms. The second-order valence-electron chi connectivity index (χ2n) is 5.22. The summed E-state index contributed by atoms with van der Waals surface area (Å²) in [5, 5.41) is 13.0. The maximum absolute atomic E-state index is 9.46. The van der Waals surface area contributed by atoms with Crippen LogP contribution in [0.2, 0.25) is 0 Å². The van der Waals surface area contributed by atoms with Gasteiger partial charge in [-0.1, -0.05) is 0 Å². The minimum atomic E-state index is -0.0521. The molecule has 2 N–H and O–H groups in total. The van der Waals surface area contributed by atoms with Crippen molar-refractivity contribution >= 4 is 0 Å². The van der Waals surface area contributed by atoms with Crippen molar-refractivity contribution in [3.05, 3.63) is 0 Å². The molecule has 82 valence electrons. The molecule has 0 aromatic carbocycles. The molecule has 2 aliphatic heterocycles. The number of likely N-dealkylation sites (tertiary alicyclic amines) is 1. The number of nitrogens with zero attached hydrogens (tertiary/aromatic N) is 1. The zero-order valence-electron chi connectivity index (χ0n) is 9.29. The Kier molecular flexibility index (Phi) is 2.82. The summed E-state index contributed by atoms with van der Waals surface area (Å²) in [4.78, 5) is 2.55. The molecule has 0 aromatic rings. The number of aliphatic hydroxyl groups excluding tert-OH is 1. The fraction of sp³-hybridized carbons (Fsp3) is 1.00. The summed E-state index contributed by atoms with van der Waals surface area (Å²) < 4.78 is 0. The van der Waals surface area contributed by atoms with Crippen LogP contribution in [0.15, 0.2) is 0 Å². The molecule has 2 aliphatic rings. The van der Waals surface area contributed by atoms with E-state index in [1.165, 1.54) is 6.42 Å². The van der Waals surface area contributed by atoms with Gasteiger partial charge in [0.05, 0.1) is 6.10 Å². The minimum Gasteiger partial charge on any atom is -0.393 e. The van der Waals surface area contributed by atoms with Gasteiger partial charge in [-0.3, -0.25) is 4.90 Å². The van der Waals surface area contributed by atoms with Gasteiger partial charge in [0.2, 0.25) is 0 Å². The SMILES string of the molecule is CC1(C)NCCC1N1CCC(O)CC1. The summed E-state index contributed by atoms with van der Waals surface area (Å²) in [7, 11) is 0. The van der Waals surface area contributed by atoms with Crippen molar-refractivity contribution in [2.24, 2.45) is 0 Å². The lowest BCUT2D eigenvalue weighted by Crippen LogP contribution is -2.53. The first-order valence-electron chi connectivity index (χ1n) is 5.77. The van der Waals surface area contributed by atoms with Crippen molar-refractivity contribution < 1.29 is 5.11 Å². The van der Waals surface area contributed by atoms with E-state index in [1.807, 2.05) is 0 Å². The van der Waals surface area contributed by atoms with Crippen LogP contribution in [-0.4, -0.2) is 47.3 Å². The van der Waals surface area contributed by atoms with Crippen molar-refractivity contribution in [1.29, 1.82) is 0 Å². The first-order chi connectivity index (χ1) is 6.59. The normalized spacial score (nSPS) is 34.9. The first-order valence-corrected chi connectivity index (χ1v) is 5.77. The Hall–Kier alpha value is -0.120. The Morgan fingerprint density at radius 1 is 1.21 bits per heavy atom. The Morgan fingerprint density at radius 2 is 1.86 bits per heavy atom. The molecule has 0 aliphatic carbocycles. The third-order valence-corrected chi connectivity index (χ3v) is 3.77. The summed E-state index contributed by atoms with van der Waals surface area (Å²) in [5.41, 5.74) is 0.252. The summed E-state index contributed by atoms with van der Waals surface area (Å²) >= 11 is 0. The Labute approximate surface area is 86.5 Å². The van der Waals surface area contributed by atoms with Crippen LogP contribution in [0.4, 0.5) is 0 Å². The van der Waals surface area contributed by atoms with Crippen molar-refractivity contribution in [3.63, 3.8) is 0 Å². The molecule has 1 atom stereocenters. The summed E-state index contributed by atoms with van der Waals surface area (Å²) in [6.07, 6.45) is 3.10. The molecule has 0 saturated carbocycles. The number of rotatable bonds is 1. The van der Waals surface area contributed by atoms with Gasteiger partial charge in [-0.15, -0.1) is 0 Å². The fourth-order valence-electron chi connectivity index (χ4n) is 2.85. The molecule has 3 nitrogen and oxygen atoms in total. The number of nitrogens with one attached hydrogen (secondary N) is 1. The van der Waals surface area contributed by atoms with Crippen molar-refractivity contribution in [1.82, 2.24) is 10.2 Å². The molecular weight excluding hydrogens is 176 g/mol. The van der Waals surface area contributed by atoms with Gasteiger partial charge >= 0.3 is 0 Å². The summed E-state index contributed by atoms with van der Waals surface area (Å²) in [5.74, 6) is 0. The van der Waals surface area contributed by atoms with E-state index in [-0.39, 0.29) is 11.6 Å². The first kappa shape index (κ1) is 10.4. The molecule has 3 heteroatoms. The van der Waals surface area contributed by atoms with E-state index in [0.29, 0.717) is 6.04 Å². The monoisotopic (exact) mass is 198 g/mol. The molecule has 2 rings (SSSR count). The van der Waals surface area contributed by atoms with Crippen LogP contribution in [0.1, 0.15) is 33.1 Å². The highest BCUT2D eigenvalue weighted by Crippen LogP contribution is 2.26. The van der Waals surface area contributed by atoms with Crippen LogP contribution in [0, 0.1) is 0 Å². The molecule has 2 saturated heterocycles. The topological polar surface area (TPSA) is 35.5 Å². The second-order valence-corrected chi connectivity index (χ2v) is 5.22. The molecule has 1 unspecified atom stereocenters. The van der Waals surface area contributed by atoms with Crippen LogP contribution in [0.5, 0.6) is 0 Å². The van der Waals surface area contributed by atoms with Crippen molar-refractivity contribution in [2.75, 3.05) is 19.6 Å². The lowest BCUT2D eigenvalue weighted by atomic mass is 9.93.